The molecule has 1 fully saturated rings. The standard InChI is InChI=1S/C8H17N3O3S/c1-8(10,7(9)12)6-11-2-4-15(13,14)5-3-11/h2-6,10H2,1H3,(H2,9,12). The van der Waals surface area contributed by atoms with Gasteiger partial charge >= 0.3 is 0 Å². The molecule has 0 aromatic heterocycles. The third kappa shape index (κ3) is 3.44. The molecule has 88 valence electrons. The third-order valence-electron chi connectivity index (χ3n) is 2.55. The summed E-state index contributed by atoms with van der Waals surface area (Å²) in [7, 11) is -2.89. The van der Waals surface area contributed by atoms with Gasteiger partial charge in [-0.3, -0.25) is 9.69 Å². The number of hydrogen-bond acceptors (Lipinski definition) is 5. The maximum absolute atomic E-state index is 11.1. The van der Waals surface area contributed by atoms with Gasteiger partial charge < -0.3 is 11.5 Å². The Morgan fingerprint density at radius 2 is 1.87 bits per heavy atom. The molecule has 7 heteroatoms. The lowest BCUT2D eigenvalue weighted by molar-refractivity contribution is -0.123. The van der Waals surface area contributed by atoms with E-state index in [0.29, 0.717) is 19.6 Å². The summed E-state index contributed by atoms with van der Waals surface area (Å²) >= 11 is 0. The molecule has 0 radical (unpaired) electrons. The Kier molecular flexibility index (Phi) is 3.37. The second-order valence-electron chi connectivity index (χ2n) is 4.21. The smallest absolute Gasteiger partial charge is 0.238 e. The highest BCUT2D eigenvalue weighted by Crippen LogP contribution is 2.08. The predicted octanol–water partition coefficient (Wildman–Crippen LogP) is -2.08. The number of primary amides is 1. The SMILES string of the molecule is CC(N)(CN1CCS(=O)(=O)CC1)C(N)=O. The van der Waals surface area contributed by atoms with Gasteiger partial charge in [0.2, 0.25) is 5.91 Å². The number of nitrogens with zero attached hydrogens (tertiary/aromatic N) is 1. The highest BCUT2D eigenvalue weighted by Gasteiger charge is 2.31. The van der Waals surface area contributed by atoms with Crippen molar-refractivity contribution < 1.29 is 13.2 Å². The molecule has 6 nitrogen and oxygen atoms in total. The van der Waals surface area contributed by atoms with Crippen molar-refractivity contribution in [2.75, 3.05) is 31.1 Å². The van der Waals surface area contributed by atoms with E-state index < -0.39 is 21.3 Å². The number of nitrogens with two attached hydrogens (primary N) is 2. The van der Waals surface area contributed by atoms with Gasteiger partial charge in [-0.05, 0) is 6.92 Å². The highest BCUT2D eigenvalue weighted by atomic mass is 32.2. The summed E-state index contributed by atoms with van der Waals surface area (Å²) in [6.45, 7) is 2.70. The van der Waals surface area contributed by atoms with Crippen molar-refractivity contribution >= 4 is 15.7 Å². The van der Waals surface area contributed by atoms with Gasteiger partial charge in [0.05, 0.1) is 11.5 Å². The Morgan fingerprint density at radius 1 is 1.40 bits per heavy atom. The minimum Gasteiger partial charge on any atom is -0.368 e. The maximum Gasteiger partial charge on any atom is 0.238 e. The quantitative estimate of drug-likeness (QED) is 0.584. The van der Waals surface area contributed by atoms with Crippen molar-refractivity contribution in [3.63, 3.8) is 0 Å². The van der Waals surface area contributed by atoms with Crippen molar-refractivity contribution in [2.45, 2.75) is 12.5 Å². The molecule has 0 spiro atoms. The lowest BCUT2D eigenvalue weighted by Crippen LogP contribution is -2.58. The number of amides is 1. The van der Waals surface area contributed by atoms with Crippen LogP contribution in [0, 0.1) is 0 Å². The van der Waals surface area contributed by atoms with Gasteiger partial charge in [0, 0.05) is 19.6 Å². The van der Waals surface area contributed by atoms with Crippen molar-refractivity contribution in [2.24, 2.45) is 11.5 Å². The van der Waals surface area contributed by atoms with E-state index in [1.165, 1.54) is 0 Å². The summed E-state index contributed by atoms with van der Waals surface area (Å²) in [6, 6.07) is 0. The Balaban J connectivity index is 2.53. The first-order valence-electron chi connectivity index (χ1n) is 4.74. The summed E-state index contributed by atoms with van der Waals surface area (Å²) in [5.74, 6) is -0.320. The number of rotatable bonds is 3. The van der Waals surface area contributed by atoms with Crippen LogP contribution in [0.15, 0.2) is 0 Å². The maximum atomic E-state index is 11.1. The van der Waals surface area contributed by atoms with Crippen LogP contribution in [0.1, 0.15) is 6.92 Å². The molecule has 0 aliphatic carbocycles. The van der Waals surface area contributed by atoms with Crippen LogP contribution >= 0.6 is 0 Å². The van der Waals surface area contributed by atoms with Gasteiger partial charge in [-0.25, -0.2) is 8.42 Å². The first kappa shape index (κ1) is 12.4. The number of hydrogen-bond donors (Lipinski definition) is 2. The first-order valence-corrected chi connectivity index (χ1v) is 6.57. The van der Waals surface area contributed by atoms with Crippen LogP contribution in [0.5, 0.6) is 0 Å². The zero-order chi connectivity index (χ0) is 11.7. The van der Waals surface area contributed by atoms with Gasteiger partial charge in [-0.2, -0.15) is 0 Å². The van der Waals surface area contributed by atoms with E-state index in [2.05, 4.69) is 0 Å². The minimum atomic E-state index is -2.89. The van der Waals surface area contributed by atoms with Crippen LogP contribution in [-0.2, 0) is 14.6 Å². The summed E-state index contributed by atoms with van der Waals surface area (Å²) in [5, 5.41) is 0. The van der Waals surface area contributed by atoms with E-state index >= 15 is 0 Å². The van der Waals surface area contributed by atoms with Gasteiger partial charge in [-0.15, -0.1) is 0 Å². The predicted molar refractivity (Wildman–Crippen MR) is 56.9 cm³/mol. The third-order valence-corrected chi connectivity index (χ3v) is 4.16. The number of carbonyl (C=O) groups excluding carboxylic acids is 1. The average Bonchev–Trinajstić information content (AvgIpc) is 2.08. The second-order valence-corrected chi connectivity index (χ2v) is 6.51. The fourth-order valence-corrected chi connectivity index (χ4v) is 2.73. The molecular weight excluding hydrogens is 218 g/mol. The van der Waals surface area contributed by atoms with Crippen molar-refractivity contribution in [1.82, 2.24) is 4.90 Å². The van der Waals surface area contributed by atoms with Crippen LogP contribution in [0.25, 0.3) is 0 Å². The van der Waals surface area contributed by atoms with E-state index in [-0.39, 0.29) is 11.5 Å². The van der Waals surface area contributed by atoms with Gasteiger partial charge in [0.15, 0.2) is 9.84 Å². The van der Waals surface area contributed by atoms with E-state index in [9.17, 15) is 13.2 Å². The van der Waals surface area contributed by atoms with Gasteiger partial charge in [-0.1, -0.05) is 0 Å². The molecule has 1 unspecified atom stereocenters. The Labute approximate surface area is 89.5 Å². The molecule has 1 amide bonds. The van der Waals surface area contributed by atoms with E-state index in [0.717, 1.165) is 0 Å². The van der Waals surface area contributed by atoms with E-state index in [1.54, 1.807) is 6.92 Å². The fraction of sp³-hybridized carbons (Fsp3) is 0.875. The van der Waals surface area contributed by atoms with Crippen LogP contribution in [0.3, 0.4) is 0 Å². The van der Waals surface area contributed by atoms with E-state index in [4.69, 9.17) is 11.5 Å². The topological polar surface area (TPSA) is 106 Å². The molecular formula is C8H17N3O3S. The monoisotopic (exact) mass is 235 g/mol. The highest BCUT2D eigenvalue weighted by molar-refractivity contribution is 7.91. The lowest BCUT2D eigenvalue weighted by atomic mass is 10.0. The molecule has 1 rings (SSSR count). The molecule has 1 saturated heterocycles. The summed E-state index contributed by atoms with van der Waals surface area (Å²) in [6.07, 6.45) is 0. The minimum absolute atomic E-state index is 0.127. The molecule has 4 N–H and O–H groups in total. The van der Waals surface area contributed by atoms with Crippen LogP contribution in [-0.4, -0.2) is 55.9 Å². The van der Waals surface area contributed by atoms with Crippen LogP contribution in [0.4, 0.5) is 0 Å². The first-order chi connectivity index (χ1) is 6.73. The fourth-order valence-electron chi connectivity index (χ4n) is 1.45. The molecule has 1 aliphatic rings. The zero-order valence-corrected chi connectivity index (χ0v) is 9.59. The largest absolute Gasteiger partial charge is 0.368 e. The Hall–Kier alpha value is -0.660. The van der Waals surface area contributed by atoms with Crippen LogP contribution < -0.4 is 11.5 Å². The summed E-state index contributed by atoms with van der Waals surface area (Å²) in [4.78, 5) is 12.8. The molecule has 1 heterocycles. The van der Waals surface area contributed by atoms with Crippen molar-refractivity contribution in [1.29, 1.82) is 0 Å². The number of sulfone groups is 1. The molecule has 0 aromatic carbocycles. The molecule has 1 atom stereocenters. The molecule has 0 bridgehead atoms. The molecule has 0 aromatic rings. The van der Waals surface area contributed by atoms with Gasteiger partial charge in [0.25, 0.3) is 0 Å². The summed E-state index contributed by atoms with van der Waals surface area (Å²) < 4.78 is 22.3. The van der Waals surface area contributed by atoms with E-state index in [1.807, 2.05) is 4.90 Å². The second kappa shape index (κ2) is 4.07. The molecule has 15 heavy (non-hydrogen) atoms. The zero-order valence-electron chi connectivity index (χ0n) is 8.77. The normalized spacial score (nSPS) is 25.7. The number of carbonyl (C=O) groups is 1. The summed E-state index contributed by atoms with van der Waals surface area (Å²) in [5.41, 5.74) is 9.73. The molecule has 1 aliphatic heterocycles. The van der Waals surface area contributed by atoms with Gasteiger partial charge in [0.1, 0.15) is 5.54 Å². The average molecular weight is 235 g/mol. The van der Waals surface area contributed by atoms with Crippen molar-refractivity contribution in [3.8, 4) is 0 Å². The lowest BCUT2D eigenvalue weighted by Gasteiger charge is -2.32. The van der Waals surface area contributed by atoms with Crippen LogP contribution in [0.2, 0.25) is 0 Å². The Morgan fingerprint density at radius 3 is 2.27 bits per heavy atom. The molecule has 0 saturated carbocycles. The Bertz CT molecular complexity index is 336. The van der Waals surface area contributed by atoms with Crippen molar-refractivity contribution in [3.05, 3.63) is 0 Å².